The van der Waals surface area contributed by atoms with Crippen LogP contribution in [0.25, 0.3) is 10.9 Å². The van der Waals surface area contributed by atoms with E-state index in [1.165, 1.54) is 10.9 Å². The maximum atomic E-state index is 4.26. The van der Waals surface area contributed by atoms with E-state index in [4.69, 9.17) is 0 Å². The molecule has 12 heavy (non-hydrogen) atoms. The molecule has 0 N–H and O–H groups in total. The summed E-state index contributed by atoms with van der Waals surface area (Å²) in [6.45, 7) is 5.92. The van der Waals surface area contributed by atoms with E-state index in [9.17, 15) is 0 Å². The van der Waals surface area contributed by atoms with Crippen LogP contribution in [0.1, 0.15) is 11.1 Å². The van der Waals surface area contributed by atoms with Gasteiger partial charge in [-0.15, -0.1) is 0 Å². The van der Waals surface area contributed by atoms with E-state index >= 15 is 0 Å². The Bertz CT molecular complexity index is 382. The Balaban J connectivity index is 2.80. The van der Waals surface area contributed by atoms with Crippen molar-refractivity contribution >= 4 is 10.9 Å². The number of aromatic nitrogens is 1. The highest BCUT2D eigenvalue weighted by Crippen LogP contribution is 2.14. The first-order valence-electron chi connectivity index (χ1n) is 3.94. The fraction of sp³-hybridized carbons (Fsp3) is 0.0909. The zero-order chi connectivity index (χ0) is 8.55. The van der Waals surface area contributed by atoms with Crippen molar-refractivity contribution in [1.29, 1.82) is 0 Å². The monoisotopic (exact) mass is 156 g/mol. The highest BCUT2D eigenvalue weighted by molar-refractivity contribution is 5.79. The molecule has 0 saturated heterocycles. The van der Waals surface area contributed by atoms with E-state index in [2.05, 4.69) is 37.0 Å². The van der Waals surface area contributed by atoms with Gasteiger partial charge >= 0.3 is 0 Å². The fourth-order valence-corrected chi connectivity index (χ4v) is 1.30. The predicted molar refractivity (Wildman–Crippen MR) is 50.9 cm³/mol. The summed E-state index contributed by atoms with van der Waals surface area (Å²) in [4.78, 5) is 4.26. The van der Waals surface area contributed by atoms with Gasteiger partial charge in [-0.1, -0.05) is 11.6 Å². The highest BCUT2D eigenvalue weighted by Gasteiger charge is 1.94. The van der Waals surface area contributed by atoms with Crippen LogP contribution in [-0.2, 0) is 0 Å². The molecule has 0 amide bonds. The van der Waals surface area contributed by atoms with Crippen molar-refractivity contribution in [2.75, 3.05) is 0 Å². The standard InChI is InChI=1S/C11H10N/c1-8-3-4-11-10(5-8)6-9(2)7-12-11/h3-7H,2H2,1H3. The van der Waals surface area contributed by atoms with Crippen LogP contribution < -0.4 is 0 Å². The third-order valence-corrected chi connectivity index (χ3v) is 1.89. The average Bonchev–Trinajstić information content (AvgIpc) is 2.03. The second kappa shape index (κ2) is 2.59. The summed E-state index contributed by atoms with van der Waals surface area (Å²) in [5.41, 5.74) is 3.26. The summed E-state index contributed by atoms with van der Waals surface area (Å²) in [6.07, 6.45) is 1.79. The molecule has 2 rings (SSSR count). The summed E-state index contributed by atoms with van der Waals surface area (Å²) in [5.74, 6) is 0. The number of fused-ring (bicyclic) bond motifs is 1. The second-order valence-corrected chi connectivity index (χ2v) is 3.04. The first kappa shape index (κ1) is 7.29. The van der Waals surface area contributed by atoms with Crippen LogP contribution in [0.2, 0.25) is 0 Å². The van der Waals surface area contributed by atoms with Gasteiger partial charge in [0.25, 0.3) is 0 Å². The molecule has 1 nitrogen and oxygen atoms in total. The molecule has 0 aliphatic rings. The van der Waals surface area contributed by atoms with Gasteiger partial charge in [-0.05, 0) is 37.6 Å². The number of benzene rings is 1. The molecule has 1 aromatic heterocycles. The van der Waals surface area contributed by atoms with Crippen molar-refractivity contribution in [2.24, 2.45) is 0 Å². The van der Waals surface area contributed by atoms with Gasteiger partial charge in [0.05, 0.1) is 5.52 Å². The van der Waals surface area contributed by atoms with Crippen LogP contribution in [0.4, 0.5) is 0 Å². The number of nitrogens with zero attached hydrogens (tertiary/aromatic N) is 1. The number of rotatable bonds is 0. The Hall–Kier alpha value is -1.37. The summed E-state index contributed by atoms with van der Waals surface area (Å²) < 4.78 is 0. The molecule has 0 unspecified atom stereocenters. The molecule has 0 aliphatic heterocycles. The van der Waals surface area contributed by atoms with Crippen LogP contribution in [-0.4, -0.2) is 4.98 Å². The number of hydrogen-bond donors (Lipinski definition) is 0. The normalized spacial score (nSPS) is 10.5. The Morgan fingerprint density at radius 2 is 2.08 bits per heavy atom. The van der Waals surface area contributed by atoms with E-state index in [0.29, 0.717) is 0 Å². The van der Waals surface area contributed by atoms with Crippen LogP contribution >= 0.6 is 0 Å². The summed E-state index contributed by atoms with van der Waals surface area (Å²) in [6, 6.07) is 8.27. The summed E-state index contributed by atoms with van der Waals surface area (Å²) in [7, 11) is 0. The van der Waals surface area contributed by atoms with Crippen molar-refractivity contribution in [1.82, 2.24) is 4.98 Å². The van der Waals surface area contributed by atoms with Gasteiger partial charge in [-0.2, -0.15) is 0 Å². The number of aryl methyl sites for hydroxylation is 1. The Labute approximate surface area is 72.1 Å². The zero-order valence-electron chi connectivity index (χ0n) is 7.04. The molecule has 0 atom stereocenters. The molecule has 0 saturated carbocycles. The van der Waals surface area contributed by atoms with Gasteiger partial charge in [-0.3, -0.25) is 4.98 Å². The number of hydrogen-bond acceptors (Lipinski definition) is 1. The lowest BCUT2D eigenvalue weighted by Gasteiger charge is -1.98. The van der Waals surface area contributed by atoms with Crippen LogP contribution in [0.3, 0.4) is 0 Å². The van der Waals surface area contributed by atoms with Crippen molar-refractivity contribution in [2.45, 2.75) is 6.92 Å². The van der Waals surface area contributed by atoms with Gasteiger partial charge < -0.3 is 0 Å². The van der Waals surface area contributed by atoms with Crippen molar-refractivity contribution in [3.8, 4) is 0 Å². The van der Waals surface area contributed by atoms with E-state index in [1.54, 1.807) is 6.20 Å². The van der Waals surface area contributed by atoms with E-state index in [1.807, 2.05) is 6.07 Å². The Morgan fingerprint density at radius 3 is 2.92 bits per heavy atom. The maximum Gasteiger partial charge on any atom is 0.0702 e. The topological polar surface area (TPSA) is 12.9 Å². The van der Waals surface area contributed by atoms with Gasteiger partial charge in [0.1, 0.15) is 0 Å². The first-order valence-corrected chi connectivity index (χ1v) is 3.94. The Kier molecular flexibility index (Phi) is 1.58. The largest absolute Gasteiger partial charge is 0.256 e. The van der Waals surface area contributed by atoms with Crippen LogP contribution in [0.15, 0.2) is 30.5 Å². The van der Waals surface area contributed by atoms with E-state index < -0.39 is 0 Å². The van der Waals surface area contributed by atoms with Crippen LogP contribution in [0, 0.1) is 13.8 Å². The molecule has 2 aromatic rings. The van der Waals surface area contributed by atoms with Crippen molar-refractivity contribution in [3.05, 3.63) is 48.5 Å². The summed E-state index contributed by atoms with van der Waals surface area (Å²) >= 11 is 0. The minimum atomic E-state index is 0.966. The molecule has 59 valence electrons. The van der Waals surface area contributed by atoms with Crippen molar-refractivity contribution < 1.29 is 0 Å². The molecule has 0 bridgehead atoms. The molecular formula is C11H10N. The molecule has 1 radical (unpaired) electrons. The quantitative estimate of drug-likeness (QED) is 0.571. The van der Waals surface area contributed by atoms with Gasteiger partial charge in [0.15, 0.2) is 0 Å². The number of pyridine rings is 1. The first-order chi connectivity index (χ1) is 5.75. The minimum absolute atomic E-state index is 0.966. The Morgan fingerprint density at radius 1 is 1.25 bits per heavy atom. The predicted octanol–water partition coefficient (Wildman–Crippen LogP) is 2.73. The highest BCUT2D eigenvalue weighted by atomic mass is 14.6. The SMILES string of the molecule is [CH2]c1cnc2ccc(C)cc2c1. The molecule has 1 aromatic carbocycles. The third kappa shape index (κ3) is 1.18. The van der Waals surface area contributed by atoms with E-state index in [0.717, 1.165) is 11.1 Å². The molecule has 1 heteroatoms. The smallest absolute Gasteiger partial charge is 0.0702 e. The van der Waals surface area contributed by atoms with Gasteiger partial charge in [0, 0.05) is 11.6 Å². The van der Waals surface area contributed by atoms with Crippen molar-refractivity contribution in [3.63, 3.8) is 0 Å². The molecule has 1 heterocycles. The molecule has 0 spiro atoms. The second-order valence-electron chi connectivity index (χ2n) is 3.04. The molecule has 0 aliphatic carbocycles. The van der Waals surface area contributed by atoms with Gasteiger partial charge in [0.2, 0.25) is 0 Å². The van der Waals surface area contributed by atoms with Gasteiger partial charge in [-0.25, -0.2) is 0 Å². The molecule has 0 fully saturated rings. The maximum absolute atomic E-state index is 4.26. The summed E-state index contributed by atoms with van der Waals surface area (Å²) in [5, 5.41) is 1.17. The lowest BCUT2D eigenvalue weighted by Crippen LogP contribution is -1.81. The minimum Gasteiger partial charge on any atom is -0.256 e. The lowest BCUT2D eigenvalue weighted by atomic mass is 10.1. The van der Waals surface area contributed by atoms with Crippen LogP contribution in [0.5, 0.6) is 0 Å². The third-order valence-electron chi connectivity index (χ3n) is 1.89. The zero-order valence-corrected chi connectivity index (χ0v) is 7.04. The average molecular weight is 156 g/mol. The van der Waals surface area contributed by atoms with E-state index in [-0.39, 0.29) is 0 Å². The fourth-order valence-electron chi connectivity index (χ4n) is 1.30. The molecular weight excluding hydrogens is 146 g/mol. The lowest BCUT2D eigenvalue weighted by molar-refractivity contribution is 1.37.